The smallest absolute Gasteiger partial charge is 0.675 e. The zero-order valence-corrected chi connectivity index (χ0v) is 29.0. The van der Waals surface area contributed by atoms with Crippen molar-refractivity contribution >= 4 is 13.6 Å². The minimum absolute atomic E-state index is 0. The summed E-state index contributed by atoms with van der Waals surface area (Å²) in [5.74, 6) is 0. The van der Waals surface area contributed by atoms with E-state index in [1.54, 1.807) is 0 Å². The second-order valence-electron chi connectivity index (χ2n) is 12.5. The van der Waals surface area contributed by atoms with Crippen LogP contribution in [-0.4, -0.2) is 49.1 Å². The van der Waals surface area contributed by atoms with Crippen LogP contribution in [0.2, 0.25) is 0 Å². The average Bonchev–Trinajstić information content (AvgIpc) is 2.80. The molecule has 0 aliphatic rings. The summed E-state index contributed by atoms with van der Waals surface area (Å²) >= 11 is 0. The molecule has 0 amide bonds. The molecule has 0 bridgehead atoms. The predicted octanol–water partition coefficient (Wildman–Crippen LogP) is 9.64. The zero-order valence-electron chi connectivity index (χ0n) is 27.3. The molecule has 37 heavy (non-hydrogen) atoms. The fourth-order valence-electron chi connectivity index (χ4n) is 2.59. The number of hydrogen-bond acceptors (Lipinski definition) is 2. The van der Waals surface area contributed by atoms with Crippen LogP contribution < -0.4 is 0 Å². The number of carbonyl (C=O) groups excluding carboxylic acids is 2. The van der Waals surface area contributed by atoms with E-state index in [4.69, 9.17) is 30.9 Å². The van der Waals surface area contributed by atoms with E-state index in [0.717, 1.165) is 25.7 Å². The molecule has 0 rings (SSSR count). The summed E-state index contributed by atoms with van der Waals surface area (Å²) in [5, 5.41) is 19.5. The molecule has 0 aliphatic heterocycles. The van der Waals surface area contributed by atoms with Crippen LogP contribution >= 0.6 is 0 Å². The molecular weight excluding hydrogens is 549 g/mol. The van der Waals surface area contributed by atoms with Crippen LogP contribution in [0.3, 0.4) is 0 Å². The van der Waals surface area contributed by atoms with Gasteiger partial charge in [0.1, 0.15) is 0 Å². The van der Waals surface area contributed by atoms with E-state index in [9.17, 15) is 0 Å². The second-order valence-corrected chi connectivity index (χ2v) is 12.5. The maximum absolute atomic E-state index is 7.75. The van der Waals surface area contributed by atoms with Crippen molar-refractivity contribution in [3.05, 3.63) is 21.3 Å². The maximum Gasteiger partial charge on any atom is 6.00 e. The van der Waals surface area contributed by atoms with Crippen molar-refractivity contribution in [2.24, 2.45) is 10.8 Å². The van der Waals surface area contributed by atoms with Gasteiger partial charge in [0.2, 0.25) is 0 Å². The van der Waals surface area contributed by atoms with Gasteiger partial charge in [-0.1, -0.05) is 147 Å². The van der Waals surface area contributed by atoms with Gasteiger partial charge in [-0.25, -0.2) is 12.3 Å². The molecule has 6 nitrogen and oxygen atoms in total. The summed E-state index contributed by atoms with van der Waals surface area (Å²) in [5.41, 5.74) is 0.401. The molecule has 7 heteroatoms. The molecule has 0 N–H and O–H groups in total. The van der Waals surface area contributed by atoms with Crippen molar-refractivity contribution in [3.63, 3.8) is 0 Å². The molecule has 2 atom stereocenters. The van der Waals surface area contributed by atoms with E-state index in [0.29, 0.717) is 12.1 Å². The first kappa shape index (κ1) is 46.6. The Bertz CT molecular complexity index is 478. The topological polar surface area (TPSA) is 90.5 Å². The largest absolute Gasteiger partial charge is 6.00 e. The van der Waals surface area contributed by atoms with Gasteiger partial charge in [-0.2, -0.15) is 0 Å². The van der Waals surface area contributed by atoms with Crippen molar-refractivity contribution in [1.29, 1.82) is 0 Å². The second kappa shape index (κ2) is 22.6. The third kappa shape index (κ3) is 23.4. The first-order chi connectivity index (χ1) is 16.3. The molecule has 0 radical (unpaired) electrons. The van der Waals surface area contributed by atoms with E-state index in [-0.39, 0.29) is 53.7 Å². The fourth-order valence-corrected chi connectivity index (χ4v) is 2.59. The molecule has 222 valence electrons. The van der Waals surface area contributed by atoms with Gasteiger partial charge in [-0.15, -0.1) is 23.2 Å². The molecule has 0 spiro atoms. The first-order valence-electron chi connectivity index (χ1n) is 13.6. The van der Waals surface area contributed by atoms with Crippen LogP contribution in [0.4, 0.5) is 0 Å². The van der Waals surface area contributed by atoms with E-state index < -0.39 is 0 Å². The average molecular weight is 612 g/mol. The Kier molecular flexibility index (Phi) is 28.5. The summed E-state index contributed by atoms with van der Waals surface area (Å²) in [4.78, 5) is 15.5. The minimum atomic E-state index is 0. The van der Waals surface area contributed by atoms with Crippen LogP contribution in [0.1, 0.15) is 136 Å². The normalized spacial score (nSPS) is 13.7. The van der Waals surface area contributed by atoms with Gasteiger partial charge in [0.15, 0.2) is 0 Å². The molecule has 0 fully saturated rings. The molecule has 0 aliphatic carbocycles. The van der Waals surface area contributed by atoms with Gasteiger partial charge in [0.05, 0.1) is 0 Å². The molecule has 0 aromatic carbocycles. The van der Waals surface area contributed by atoms with E-state index in [1.165, 1.54) is 0 Å². The Balaban J connectivity index is -0.000000158. The predicted molar refractivity (Wildman–Crippen MR) is 162 cm³/mol. The Morgan fingerprint density at radius 3 is 0.865 bits per heavy atom. The third-order valence-corrected chi connectivity index (χ3v) is 6.77. The zero-order chi connectivity index (χ0) is 30.0. The number of rotatable bonds is 14. The molecule has 0 aromatic heterocycles. The monoisotopic (exact) mass is 612 g/mol. The standard InChI is InChI=1S/2C14H30N2.2CHO.Ru/c2*1-9-13(5,6)12(15-11(3)4)16-14(7,8)10-2;2*1-2;/h2*11-12H,9-10H2,1-8H3;2*1H;/q2*-2;2*-1;+6. The summed E-state index contributed by atoms with van der Waals surface area (Å²) in [6, 6.07) is 0.708. The van der Waals surface area contributed by atoms with Crippen molar-refractivity contribution in [2.45, 2.75) is 172 Å². The van der Waals surface area contributed by atoms with E-state index >= 15 is 0 Å². The van der Waals surface area contributed by atoms with Gasteiger partial charge in [-0.3, -0.25) is 13.6 Å². The summed E-state index contributed by atoms with van der Waals surface area (Å²) in [7, 11) is 0. The van der Waals surface area contributed by atoms with Gasteiger partial charge < -0.3 is 30.9 Å². The Labute approximate surface area is 246 Å². The first-order valence-corrected chi connectivity index (χ1v) is 13.6. The van der Waals surface area contributed by atoms with Crippen LogP contribution in [-0.2, 0) is 29.1 Å². The van der Waals surface area contributed by atoms with Crippen molar-refractivity contribution < 1.29 is 29.1 Å². The van der Waals surface area contributed by atoms with Crippen molar-refractivity contribution in [1.82, 2.24) is 0 Å². The van der Waals surface area contributed by atoms with Gasteiger partial charge in [0.25, 0.3) is 0 Å². The Hall–Kier alpha value is -0.197. The summed E-state index contributed by atoms with van der Waals surface area (Å²) < 4.78 is 0. The molecule has 0 saturated heterocycles. The van der Waals surface area contributed by atoms with Crippen LogP contribution in [0.25, 0.3) is 21.3 Å². The molecule has 2 unspecified atom stereocenters. The van der Waals surface area contributed by atoms with E-state index in [2.05, 4.69) is 124 Å². The third-order valence-electron chi connectivity index (χ3n) is 6.77. The van der Waals surface area contributed by atoms with Gasteiger partial charge in [-0.05, 0) is 0 Å². The number of hydrogen-bond donors (Lipinski definition) is 0. The van der Waals surface area contributed by atoms with E-state index in [1.807, 2.05) is 0 Å². The molecule has 0 saturated carbocycles. The minimum Gasteiger partial charge on any atom is -0.675 e. The van der Waals surface area contributed by atoms with Crippen LogP contribution in [0.15, 0.2) is 0 Å². The fraction of sp³-hybridized carbons (Fsp3) is 0.933. The quantitative estimate of drug-likeness (QED) is 0.111. The SMILES string of the molecule is CCC(C)(C)[N-]C([N-]C(C)C)C(C)(C)CC.CCC(C)(C)[N-]C([N-]C(C)C)C(C)(C)CC.[CH-]=O.[CH-]=O.[Ru+6]. The Morgan fingerprint density at radius 1 is 0.514 bits per heavy atom. The van der Waals surface area contributed by atoms with Crippen molar-refractivity contribution in [2.75, 3.05) is 0 Å². The maximum atomic E-state index is 7.75. The number of nitrogens with zero attached hydrogens (tertiary/aromatic N) is 4. The van der Waals surface area contributed by atoms with Gasteiger partial charge >= 0.3 is 19.5 Å². The summed E-state index contributed by atoms with van der Waals surface area (Å²) in [6.07, 6.45) is 4.59. The van der Waals surface area contributed by atoms with Crippen LogP contribution in [0, 0.1) is 10.8 Å². The molecule has 0 aromatic rings. The van der Waals surface area contributed by atoms with Gasteiger partial charge in [0, 0.05) is 0 Å². The Morgan fingerprint density at radius 2 is 0.730 bits per heavy atom. The molecular formula is C30H62N4O2Ru. The van der Waals surface area contributed by atoms with Crippen LogP contribution in [0.5, 0.6) is 0 Å². The molecule has 0 heterocycles. The summed E-state index contributed by atoms with van der Waals surface area (Å²) in [6.45, 7) is 41.7. The van der Waals surface area contributed by atoms with Crippen molar-refractivity contribution in [3.8, 4) is 0 Å².